The van der Waals surface area contributed by atoms with E-state index in [0.29, 0.717) is 45.9 Å². The molecule has 0 saturated heterocycles. The van der Waals surface area contributed by atoms with Crippen molar-refractivity contribution in [3.05, 3.63) is 237 Å². The molecule has 4 fully saturated rings. The molecule has 0 spiro atoms. The van der Waals surface area contributed by atoms with Crippen molar-refractivity contribution in [2.75, 3.05) is 0 Å². The molecular weight excluding hydrogens is 1240 g/mol. The fourth-order valence-electron chi connectivity index (χ4n) is 15.9. The molecule has 0 aliphatic heterocycles. The van der Waals surface area contributed by atoms with Gasteiger partial charge in [-0.3, -0.25) is 0 Å². The minimum Gasteiger partial charge on any atom is -0.207 e. The van der Waals surface area contributed by atoms with E-state index < -0.39 is 46.5 Å². The molecule has 0 heterocycles. The molecule has 12 rings (SSSR count). The molecule has 0 amide bonds. The summed E-state index contributed by atoms with van der Waals surface area (Å²) in [5.41, 5.74) is 11.7. The van der Waals surface area contributed by atoms with Gasteiger partial charge in [0, 0.05) is 22.3 Å². The standard InChI is InChI=1S/C24H30F2.C23H28F2.C22H26F2.C21H24F2.CH4/c1-3-4-5-6-18-7-9-19(10-8-18)20-11-13-21(14-12-20)22-15-23(25)17(2)24(26)16-22;1-3-4-5-17-6-8-18(9-7-17)19-10-12-20(13-11-19)21-14-22(24)16(2)23(25)15-21;1-3-4-16-5-7-17(8-6-16)18-9-11-19(12-10-18)20-13-21(23)15(2)22(24)14-20;1-3-15-4-6-16(7-5-15)17-8-10-18(11-9-17)19-12-20(22)14(2)21(23)13-19;/h11-16,18-19H,3-10H2,1-2H3;10-15,17-18H,3-9H2,1-2H3;9-14,16-17H,3-8H2,1-2H3;8-13,15-16H,3-7H2,1-2H3;1H4. The zero-order valence-electron chi connectivity index (χ0n) is 59.9. The fourth-order valence-corrected chi connectivity index (χ4v) is 15.9. The van der Waals surface area contributed by atoms with Crippen molar-refractivity contribution >= 4 is 0 Å². The maximum atomic E-state index is 13.8. The Morgan fingerprint density at radius 1 is 0.242 bits per heavy atom. The lowest BCUT2D eigenvalue weighted by molar-refractivity contribution is 0.303. The molecule has 532 valence electrons. The number of benzene rings is 8. The molecule has 0 N–H and O–H groups in total. The van der Waals surface area contributed by atoms with Crippen molar-refractivity contribution in [3.63, 3.8) is 0 Å². The Morgan fingerprint density at radius 3 is 0.667 bits per heavy atom. The summed E-state index contributed by atoms with van der Waals surface area (Å²) in [5.74, 6) is 2.31. The van der Waals surface area contributed by atoms with E-state index in [-0.39, 0.29) is 29.7 Å². The van der Waals surface area contributed by atoms with E-state index in [1.165, 1.54) is 265 Å². The molecule has 8 aromatic rings. The maximum absolute atomic E-state index is 13.8. The average molecular weight is 1360 g/mol. The Kier molecular flexibility index (Phi) is 30.1. The van der Waals surface area contributed by atoms with Crippen molar-refractivity contribution in [1.29, 1.82) is 0 Å². The molecule has 0 bridgehead atoms. The molecule has 0 unspecified atom stereocenters. The first-order valence-corrected chi connectivity index (χ1v) is 37.6. The van der Waals surface area contributed by atoms with Gasteiger partial charge in [-0.05, 0) is 293 Å². The van der Waals surface area contributed by atoms with E-state index in [2.05, 4.69) is 76.2 Å². The third-order valence-electron chi connectivity index (χ3n) is 22.8. The molecule has 4 aliphatic carbocycles. The minimum absolute atomic E-state index is 0. The summed E-state index contributed by atoms with van der Waals surface area (Å²) in [7, 11) is 0. The summed E-state index contributed by atoms with van der Waals surface area (Å²) in [5, 5.41) is 0. The number of rotatable bonds is 18. The summed E-state index contributed by atoms with van der Waals surface area (Å²) in [6, 6.07) is 44.5. The molecule has 0 radical (unpaired) electrons. The smallest absolute Gasteiger partial charge is 0.129 e. The first-order chi connectivity index (χ1) is 47.3. The molecular formula is C91H112F8. The summed E-state index contributed by atoms with van der Waals surface area (Å²) in [4.78, 5) is 0. The van der Waals surface area contributed by atoms with Crippen LogP contribution in [0.1, 0.15) is 270 Å². The third kappa shape index (κ3) is 21.6. The van der Waals surface area contributed by atoms with E-state index >= 15 is 0 Å². The monoisotopic (exact) mass is 1360 g/mol. The summed E-state index contributed by atoms with van der Waals surface area (Å²) < 4.78 is 110. The van der Waals surface area contributed by atoms with Crippen LogP contribution in [0.3, 0.4) is 0 Å². The van der Waals surface area contributed by atoms with Gasteiger partial charge in [0.15, 0.2) is 0 Å². The quantitative estimate of drug-likeness (QED) is 0.0593. The Hall–Kier alpha value is -6.80. The van der Waals surface area contributed by atoms with Crippen LogP contribution in [0.15, 0.2) is 146 Å². The molecule has 4 aliphatic rings. The van der Waals surface area contributed by atoms with Crippen LogP contribution in [0, 0.1) is 97.9 Å². The molecule has 0 nitrogen and oxygen atoms in total. The SMILES string of the molecule is C.CCC1CCC(c2ccc(-c3cc(F)c(C)c(F)c3)cc2)CC1.CCCC1CCC(c2ccc(-c3cc(F)c(C)c(F)c3)cc2)CC1.CCCCC1CCC(c2ccc(-c3cc(F)c(C)c(F)c3)cc2)CC1.CCCCCC1CCC(c2ccc(-c3cc(F)c(C)c(F)c3)cc2)CC1. The van der Waals surface area contributed by atoms with Gasteiger partial charge in [0.25, 0.3) is 0 Å². The van der Waals surface area contributed by atoms with Gasteiger partial charge < -0.3 is 0 Å². The highest BCUT2D eigenvalue weighted by atomic mass is 19.2. The molecule has 8 aromatic carbocycles. The second-order valence-electron chi connectivity index (χ2n) is 29.5. The molecule has 8 heteroatoms. The highest BCUT2D eigenvalue weighted by molar-refractivity contribution is 5.67. The summed E-state index contributed by atoms with van der Waals surface area (Å²) in [6.45, 7) is 14.9. The summed E-state index contributed by atoms with van der Waals surface area (Å²) in [6.07, 6.45) is 34.1. The number of hydrogen-bond acceptors (Lipinski definition) is 0. The van der Waals surface area contributed by atoms with E-state index in [0.717, 1.165) is 45.9 Å². The van der Waals surface area contributed by atoms with Gasteiger partial charge in [0.2, 0.25) is 0 Å². The van der Waals surface area contributed by atoms with Gasteiger partial charge in [-0.2, -0.15) is 0 Å². The van der Waals surface area contributed by atoms with Crippen LogP contribution < -0.4 is 0 Å². The predicted molar refractivity (Wildman–Crippen MR) is 401 cm³/mol. The Bertz CT molecular complexity index is 3650. The Morgan fingerprint density at radius 2 is 0.455 bits per heavy atom. The van der Waals surface area contributed by atoms with Gasteiger partial charge in [0.1, 0.15) is 46.5 Å². The van der Waals surface area contributed by atoms with Crippen LogP contribution in [0.4, 0.5) is 35.1 Å². The normalized spacial score (nSPS) is 20.6. The first kappa shape index (κ1) is 77.9. The van der Waals surface area contributed by atoms with Gasteiger partial charge in [-0.15, -0.1) is 0 Å². The Labute approximate surface area is 590 Å². The third-order valence-corrected chi connectivity index (χ3v) is 22.8. The van der Waals surface area contributed by atoms with Gasteiger partial charge in [-0.1, -0.05) is 196 Å². The number of unbranched alkanes of at least 4 members (excludes halogenated alkanes) is 3. The highest BCUT2D eigenvalue weighted by Crippen LogP contribution is 2.43. The zero-order chi connectivity index (χ0) is 69.8. The highest BCUT2D eigenvalue weighted by Gasteiger charge is 2.26. The van der Waals surface area contributed by atoms with Crippen LogP contribution >= 0.6 is 0 Å². The van der Waals surface area contributed by atoms with Gasteiger partial charge in [-0.25, -0.2) is 35.1 Å². The lowest BCUT2D eigenvalue weighted by Crippen LogP contribution is -2.13. The summed E-state index contributed by atoms with van der Waals surface area (Å²) >= 11 is 0. The first-order valence-electron chi connectivity index (χ1n) is 37.6. The van der Waals surface area contributed by atoms with Crippen LogP contribution in [-0.2, 0) is 0 Å². The Balaban J connectivity index is 0.000000168. The van der Waals surface area contributed by atoms with E-state index in [4.69, 9.17) is 0 Å². The minimum atomic E-state index is -0.484. The topological polar surface area (TPSA) is 0 Å². The van der Waals surface area contributed by atoms with Gasteiger partial charge >= 0.3 is 0 Å². The van der Waals surface area contributed by atoms with Crippen molar-refractivity contribution in [3.8, 4) is 44.5 Å². The van der Waals surface area contributed by atoms with Gasteiger partial charge in [0.05, 0.1) is 0 Å². The van der Waals surface area contributed by atoms with Crippen LogP contribution in [0.5, 0.6) is 0 Å². The van der Waals surface area contributed by atoms with Crippen molar-refractivity contribution in [1.82, 2.24) is 0 Å². The fraction of sp³-hybridized carbons (Fsp3) is 0.473. The molecule has 4 saturated carbocycles. The largest absolute Gasteiger partial charge is 0.207 e. The maximum Gasteiger partial charge on any atom is 0.129 e. The van der Waals surface area contributed by atoms with Crippen molar-refractivity contribution in [2.45, 2.75) is 253 Å². The van der Waals surface area contributed by atoms with Crippen molar-refractivity contribution in [2.24, 2.45) is 23.7 Å². The van der Waals surface area contributed by atoms with Crippen LogP contribution in [-0.4, -0.2) is 0 Å². The van der Waals surface area contributed by atoms with E-state index in [1.54, 1.807) is 0 Å². The zero-order valence-corrected chi connectivity index (χ0v) is 59.9. The van der Waals surface area contributed by atoms with Crippen molar-refractivity contribution < 1.29 is 35.1 Å². The second kappa shape index (κ2) is 38.3. The number of hydrogen-bond donors (Lipinski definition) is 0. The predicted octanol–water partition coefficient (Wildman–Crippen LogP) is 29.5. The van der Waals surface area contributed by atoms with Crippen LogP contribution in [0.2, 0.25) is 0 Å². The molecule has 0 atom stereocenters. The lowest BCUT2D eigenvalue weighted by Gasteiger charge is -2.29. The molecule has 99 heavy (non-hydrogen) atoms. The number of halogens is 8. The molecule has 0 aromatic heterocycles. The second-order valence-corrected chi connectivity index (χ2v) is 29.5. The lowest BCUT2D eigenvalue weighted by atomic mass is 9.77. The van der Waals surface area contributed by atoms with E-state index in [9.17, 15) is 35.1 Å². The average Bonchev–Trinajstić information content (AvgIpc) is 0.843. The van der Waals surface area contributed by atoms with E-state index in [1.807, 2.05) is 48.5 Å². The van der Waals surface area contributed by atoms with Crippen LogP contribution in [0.25, 0.3) is 44.5 Å².